The fraction of sp³-hybridized carbons (Fsp3) is 0.281. The highest BCUT2D eigenvalue weighted by molar-refractivity contribution is 6.35. The summed E-state index contributed by atoms with van der Waals surface area (Å²) in [7, 11) is 2.80. The number of aliphatic hydroxyl groups is 1. The molecule has 2 atom stereocenters. The van der Waals surface area contributed by atoms with Crippen molar-refractivity contribution in [2.45, 2.75) is 32.7 Å². The van der Waals surface area contributed by atoms with E-state index in [1.165, 1.54) is 20.4 Å². The first-order valence-electron chi connectivity index (χ1n) is 14.1. The van der Waals surface area contributed by atoms with Crippen molar-refractivity contribution in [1.29, 1.82) is 0 Å². The predicted molar refractivity (Wildman–Crippen MR) is 173 cm³/mol. The molecule has 0 fully saturated rings. The largest absolute Gasteiger partial charge is 0.493 e. The maximum atomic E-state index is 12.4. The van der Waals surface area contributed by atoms with Gasteiger partial charge in [0.2, 0.25) is 0 Å². The number of nitrogens with zero attached hydrogens (tertiary/aromatic N) is 1. The van der Waals surface area contributed by atoms with E-state index in [2.05, 4.69) is 21.2 Å². The average Bonchev–Trinajstić information content (AvgIpc) is 3.03. The van der Waals surface area contributed by atoms with Crippen LogP contribution in [0.2, 0.25) is 10.0 Å². The Morgan fingerprint density at radius 3 is 2.50 bits per heavy atom. The number of hydrogen-bond acceptors (Lipinski definition) is 10. The maximum Gasteiger partial charge on any atom is 0.337 e. The molecule has 0 bridgehead atoms. The van der Waals surface area contributed by atoms with Gasteiger partial charge in [0.15, 0.2) is 29.2 Å². The van der Waals surface area contributed by atoms with Gasteiger partial charge in [-0.25, -0.2) is 9.59 Å². The minimum Gasteiger partial charge on any atom is -0.493 e. The van der Waals surface area contributed by atoms with E-state index in [0.717, 1.165) is 5.56 Å². The average molecular weight is 674 g/mol. The van der Waals surface area contributed by atoms with Crippen LogP contribution in [0.25, 0.3) is 0 Å². The summed E-state index contributed by atoms with van der Waals surface area (Å²) < 4.78 is 27.8. The molecular weight excluding hydrogens is 639 g/mol. The van der Waals surface area contributed by atoms with Crippen molar-refractivity contribution in [1.82, 2.24) is 16.1 Å². The Bertz CT molecular complexity index is 1630. The maximum absolute atomic E-state index is 12.4. The van der Waals surface area contributed by atoms with Gasteiger partial charge in [-0.3, -0.25) is 5.43 Å². The van der Waals surface area contributed by atoms with Crippen LogP contribution < -0.4 is 35.0 Å². The van der Waals surface area contributed by atoms with Crippen molar-refractivity contribution in [3.63, 3.8) is 0 Å². The number of aliphatic hydroxyl groups excluding tert-OH is 1. The zero-order valence-electron chi connectivity index (χ0n) is 25.6. The lowest BCUT2D eigenvalue weighted by Crippen LogP contribution is -2.45. The van der Waals surface area contributed by atoms with Gasteiger partial charge in [-0.2, -0.15) is 5.10 Å². The predicted octanol–water partition coefficient (Wildman–Crippen LogP) is 5.10. The van der Waals surface area contributed by atoms with Gasteiger partial charge in [-0.1, -0.05) is 35.3 Å². The first kappa shape index (κ1) is 34.2. The van der Waals surface area contributed by atoms with E-state index in [9.17, 15) is 14.7 Å². The van der Waals surface area contributed by atoms with E-state index in [1.54, 1.807) is 68.4 Å². The molecule has 0 aliphatic carbocycles. The minimum absolute atomic E-state index is 0.170. The number of allylic oxidation sites excluding steroid dienone is 1. The zero-order chi connectivity index (χ0) is 33.2. The highest BCUT2D eigenvalue weighted by Crippen LogP contribution is 2.35. The van der Waals surface area contributed by atoms with Crippen molar-refractivity contribution in [3.05, 3.63) is 92.6 Å². The van der Waals surface area contributed by atoms with Gasteiger partial charge in [-0.05, 0) is 67.4 Å². The summed E-state index contributed by atoms with van der Waals surface area (Å²) >= 11 is 12.2. The molecule has 46 heavy (non-hydrogen) atoms. The molecule has 244 valence electrons. The second-order valence-electron chi connectivity index (χ2n) is 9.85. The lowest BCUT2D eigenvalue weighted by atomic mass is 9.95. The summed E-state index contributed by atoms with van der Waals surface area (Å²) in [4.78, 5) is 24.6. The summed E-state index contributed by atoms with van der Waals surface area (Å²) in [6.07, 6.45) is 0.340. The Morgan fingerprint density at radius 2 is 1.78 bits per heavy atom. The molecule has 0 saturated carbocycles. The van der Waals surface area contributed by atoms with Gasteiger partial charge in [0, 0.05) is 21.3 Å². The molecule has 1 aliphatic heterocycles. The van der Waals surface area contributed by atoms with Gasteiger partial charge < -0.3 is 39.4 Å². The Morgan fingerprint density at radius 1 is 1.02 bits per heavy atom. The van der Waals surface area contributed by atoms with Gasteiger partial charge in [-0.15, -0.1) is 0 Å². The number of nitrogens with one attached hydrogen (secondary N) is 3. The second kappa shape index (κ2) is 16.1. The molecule has 0 spiro atoms. The number of methoxy groups -OCH3 is 2. The van der Waals surface area contributed by atoms with Crippen LogP contribution in [0.15, 0.2) is 71.0 Å². The van der Waals surface area contributed by atoms with Crippen LogP contribution in [0.5, 0.6) is 23.0 Å². The molecule has 0 radical (unpaired) electrons. The SMILES string of the molecule is CCOc1cc([C@@H]2NC(=O)NC(C)=C2C(=O)OC)ccc1OC[C@@H](O)N/N=C\c1ccc(OCc2ccc(Cl)cc2Cl)c(OC)c1. The highest BCUT2D eigenvalue weighted by Gasteiger charge is 2.32. The van der Waals surface area contributed by atoms with E-state index in [1.807, 2.05) is 0 Å². The van der Waals surface area contributed by atoms with Gasteiger partial charge in [0.1, 0.15) is 13.2 Å². The summed E-state index contributed by atoms with van der Waals surface area (Å²) in [5, 5.41) is 20.9. The number of carbonyl (C=O) groups excluding carboxylic acids is 2. The van der Waals surface area contributed by atoms with Crippen molar-refractivity contribution >= 4 is 41.4 Å². The molecule has 3 aromatic carbocycles. The molecule has 0 saturated heterocycles. The molecule has 14 heteroatoms. The van der Waals surface area contributed by atoms with E-state index < -0.39 is 24.3 Å². The van der Waals surface area contributed by atoms with Gasteiger partial charge >= 0.3 is 12.0 Å². The lowest BCUT2D eigenvalue weighted by molar-refractivity contribution is -0.136. The van der Waals surface area contributed by atoms with Gasteiger partial charge in [0.25, 0.3) is 0 Å². The lowest BCUT2D eigenvalue weighted by Gasteiger charge is -2.28. The second-order valence-corrected chi connectivity index (χ2v) is 10.7. The van der Waals surface area contributed by atoms with Crippen molar-refractivity contribution in [3.8, 4) is 23.0 Å². The number of urea groups is 1. The number of esters is 1. The molecular formula is C32H34Cl2N4O8. The van der Waals surface area contributed by atoms with E-state index >= 15 is 0 Å². The van der Waals surface area contributed by atoms with Crippen LogP contribution in [-0.2, 0) is 16.1 Å². The molecule has 1 aliphatic rings. The topological polar surface area (TPSA) is 149 Å². The third kappa shape index (κ3) is 8.75. The zero-order valence-corrected chi connectivity index (χ0v) is 27.1. The Hall–Kier alpha value is -4.65. The summed E-state index contributed by atoms with van der Waals surface area (Å²) in [6.45, 7) is 3.81. The smallest absolute Gasteiger partial charge is 0.337 e. The number of benzene rings is 3. The Labute approximate surface area is 276 Å². The molecule has 3 aromatic rings. The van der Waals surface area contributed by atoms with E-state index in [-0.39, 0.29) is 18.8 Å². The molecule has 2 amide bonds. The molecule has 12 nitrogen and oxygen atoms in total. The fourth-order valence-corrected chi connectivity index (χ4v) is 4.96. The van der Waals surface area contributed by atoms with Crippen molar-refractivity contribution < 1.29 is 38.4 Å². The van der Waals surface area contributed by atoms with Gasteiger partial charge in [0.05, 0.1) is 38.7 Å². The molecule has 1 heterocycles. The number of rotatable bonds is 14. The third-order valence-electron chi connectivity index (χ3n) is 6.70. The van der Waals surface area contributed by atoms with Crippen LogP contribution >= 0.6 is 23.2 Å². The Kier molecular flexibility index (Phi) is 12.0. The number of hydrazone groups is 1. The summed E-state index contributed by atoms with van der Waals surface area (Å²) in [5.74, 6) is 1.12. The monoisotopic (exact) mass is 672 g/mol. The first-order valence-corrected chi connectivity index (χ1v) is 14.9. The molecule has 4 rings (SSSR count). The summed E-state index contributed by atoms with van der Waals surface area (Å²) in [5.41, 5.74) is 5.30. The van der Waals surface area contributed by atoms with Crippen LogP contribution in [0, 0.1) is 0 Å². The fourth-order valence-electron chi connectivity index (χ4n) is 4.50. The Balaban J connectivity index is 1.36. The summed E-state index contributed by atoms with van der Waals surface area (Å²) in [6, 6.07) is 14.2. The number of halogens is 2. The first-order chi connectivity index (χ1) is 22.1. The van der Waals surface area contributed by atoms with Crippen molar-refractivity contribution in [2.24, 2.45) is 5.10 Å². The normalized spacial score (nSPS) is 15.1. The minimum atomic E-state index is -1.17. The third-order valence-corrected chi connectivity index (χ3v) is 7.28. The molecule has 0 unspecified atom stereocenters. The number of carbonyl (C=O) groups is 2. The molecule has 0 aromatic heterocycles. The van der Waals surface area contributed by atoms with Crippen LogP contribution in [0.4, 0.5) is 4.79 Å². The molecule has 4 N–H and O–H groups in total. The highest BCUT2D eigenvalue weighted by atomic mass is 35.5. The van der Waals surface area contributed by atoms with Crippen LogP contribution in [0.1, 0.15) is 36.6 Å². The number of hydrogen-bond donors (Lipinski definition) is 4. The van der Waals surface area contributed by atoms with E-state index in [4.69, 9.17) is 46.9 Å². The van der Waals surface area contributed by atoms with E-state index in [0.29, 0.717) is 56.5 Å². The van der Waals surface area contributed by atoms with Crippen LogP contribution in [-0.4, -0.2) is 57.0 Å². The number of amides is 2. The quantitative estimate of drug-likeness (QED) is 0.0794. The van der Waals surface area contributed by atoms with Crippen LogP contribution in [0.3, 0.4) is 0 Å². The standard InChI is InChI=1S/C32H34Cl2N4O8/c1-5-44-27-13-20(30-29(31(40)43-4)18(2)36-32(41)37-30)8-11-25(27)46-17-28(39)38-35-15-19-6-10-24(26(12-19)42-3)45-16-21-7-9-22(33)14-23(21)34/h6-15,28,30,38-39H,5,16-17H2,1-4H3,(H2,36,37,41)/b35-15-/t28-,30+/m1/s1. The number of ether oxygens (including phenoxy) is 5. The van der Waals surface area contributed by atoms with Crippen molar-refractivity contribution in [2.75, 3.05) is 27.4 Å².